The second-order valence-corrected chi connectivity index (χ2v) is 6.34. The molecule has 0 atom stereocenters. The first-order valence-electron chi connectivity index (χ1n) is 6.16. The van der Waals surface area contributed by atoms with Gasteiger partial charge in [-0.1, -0.05) is 5.16 Å². The van der Waals surface area contributed by atoms with Gasteiger partial charge in [-0.3, -0.25) is 0 Å². The second kappa shape index (κ2) is 5.38. The lowest BCUT2D eigenvalue weighted by atomic mass is 10.4. The minimum absolute atomic E-state index is 0.164. The fraction of sp³-hybridized carbons (Fsp3) is 0.727. The fourth-order valence-electron chi connectivity index (χ4n) is 1.82. The van der Waals surface area contributed by atoms with Gasteiger partial charge in [0.15, 0.2) is 5.76 Å². The van der Waals surface area contributed by atoms with E-state index in [0.717, 1.165) is 13.0 Å². The molecule has 1 fully saturated rings. The molecule has 2 N–H and O–H groups in total. The summed E-state index contributed by atoms with van der Waals surface area (Å²) in [5, 5.41) is 6.99. The van der Waals surface area contributed by atoms with E-state index >= 15 is 0 Å². The van der Waals surface area contributed by atoms with Crippen LogP contribution in [0, 0.1) is 13.8 Å². The van der Waals surface area contributed by atoms with Gasteiger partial charge in [0.05, 0.1) is 0 Å². The van der Waals surface area contributed by atoms with Crippen LogP contribution in [0.25, 0.3) is 0 Å². The molecule has 1 aromatic heterocycles. The Bertz CT molecular complexity index is 486. The average molecular weight is 273 g/mol. The van der Waals surface area contributed by atoms with Crippen molar-refractivity contribution in [1.82, 2.24) is 15.2 Å². The third-order valence-corrected chi connectivity index (χ3v) is 4.60. The Labute approximate surface area is 107 Å². The van der Waals surface area contributed by atoms with Crippen molar-refractivity contribution in [2.24, 2.45) is 0 Å². The molecule has 0 spiro atoms. The topological polar surface area (TPSA) is 84.2 Å². The highest BCUT2D eigenvalue weighted by Crippen LogP contribution is 2.19. The summed E-state index contributed by atoms with van der Waals surface area (Å²) in [5.74, 6) is 0.330. The molecule has 0 saturated heterocycles. The maximum atomic E-state index is 12.0. The van der Waals surface area contributed by atoms with Crippen molar-refractivity contribution in [3.05, 3.63) is 11.5 Å². The van der Waals surface area contributed by atoms with Crippen molar-refractivity contribution in [1.29, 1.82) is 0 Å². The predicted octanol–water partition coefficient (Wildman–Crippen LogP) is 0.712. The lowest BCUT2D eigenvalue weighted by molar-refractivity contribution is 0.390. The molecule has 0 aromatic carbocycles. The Kier molecular flexibility index (Phi) is 4.04. The van der Waals surface area contributed by atoms with Crippen molar-refractivity contribution in [2.45, 2.75) is 44.0 Å². The maximum Gasteiger partial charge on any atom is 0.245 e. The van der Waals surface area contributed by atoms with Gasteiger partial charge in [-0.2, -0.15) is 0 Å². The molecule has 0 radical (unpaired) electrons. The zero-order valence-electron chi connectivity index (χ0n) is 10.7. The molecule has 18 heavy (non-hydrogen) atoms. The standard InChI is InChI=1S/C11H19N3O3S/c1-8-11(9(2)17-14-8)18(15,16)13-7-3-6-12-10-4-5-10/h10,12-13H,3-7H2,1-2H3. The molecule has 1 heterocycles. The van der Waals surface area contributed by atoms with Crippen molar-refractivity contribution >= 4 is 10.0 Å². The third-order valence-electron chi connectivity index (χ3n) is 2.89. The molecule has 6 nitrogen and oxygen atoms in total. The molecule has 7 heteroatoms. The van der Waals surface area contributed by atoms with Crippen LogP contribution in [0.5, 0.6) is 0 Å². The van der Waals surface area contributed by atoms with E-state index in [-0.39, 0.29) is 4.90 Å². The molecular weight excluding hydrogens is 254 g/mol. The van der Waals surface area contributed by atoms with E-state index in [9.17, 15) is 8.42 Å². The summed E-state index contributed by atoms with van der Waals surface area (Å²) in [7, 11) is -3.50. The van der Waals surface area contributed by atoms with E-state index in [2.05, 4.69) is 15.2 Å². The number of aromatic nitrogens is 1. The maximum absolute atomic E-state index is 12.0. The zero-order valence-corrected chi connectivity index (χ0v) is 11.5. The van der Waals surface area contributed by atoms with E-state index in [4.69, 9.17) is 4.52 Å². The van der Waals surface area contributed by atoms with Crippen LogP contribution in [0.15, 0.2) is 9.42 Å². The van der Waals surface area contributed by atoms with Crippen LogP contribution in [-0.2, 0) is 10.0 Å². The van der Waals surface area contributed by atoms with Crippen LogP contribution in [0.4, 0.5) is 0 Å². The first-order valence-corrected chi connectivity index (χ1v) is 7.65. The van der Waals surface area contributed by atoms with Gasteiger partial charge in [-0.15, -0.1) is 0 Å². The summed E-state index contributed by atoms with van der Waals surface area (Å²) in [6, 6.07) is 0.657. The van der Waals surface area contributed by atoms with Crippen molar-refractivity contribution in [3.8, 4) is 0 Å². The highest BCUT2D eigenvalue weighted by atomic mass is 32.2. The number of aryl methyl sites for hydroxylation is 2. The molecule has 2 rings (SSSR count). The average Bonchev–Trinajstić information content (AvgIpc) is 3.04. The zero-order chi connectivity index (χ0) is 13.2. The van der Waals surface area contributed by atoms with Crippen molar-refractivity contribution < 1.29 is 12.9 Å². The van der Waals surface area contributed by atoms with E-state index in [1.807, 2.05) is 0 Å². The molecule has 0 aliphatic heterocycles. The molecule has 1 saturated carbocycles. The summed E-state index contributed by atoms with van der Waals surface area (Å²) in [4.78, 5) is 0.164. The first kappa shape index (κ1) is 13.5. The molecule has 1 aliphatic carbocycles. The predicted molar refractivity (Wildman–Crippen MR) is 66.8 cm³/mol. The Hall–Kier alpha value is -0.920. The lowest BCUT2D eigenvalue weighted by Gasteiger charge is -2.06. The quantitative estimate of drug-likeness (QED) is 0.715. The Morgan fingerprint density at radius 1 is 1.33 bits per heavy atom. The van der Waals surface area contributed by atoms with Crippen LogP contribution < -0.4 is 10.0 Å². The highest BCUT2D eigenvalue weighted by Gasteiger charge is 2.23. The highest BCUT2D eigenvalue weighted by molar-refractivity contribution is 7.89. The SMILES string of the molecule is Cc1noc(C)c1S(=O)(=O)NCCCNC1CC1. The largest absolute Gasteiger partial charge is 0.360 e. The number of nitrogens with zero attached hydrogens (tertiary/aromatic N) is 1. The minimum Gasteiger partial charge on any atom is -0.360 e. The van der Waals surface area contributed by atoms with Gasteiger partial charge < -0.3 is 9.84 Å². The summed E-state index contributed by atoms with van der Waals surface area (Å²) in [6.45, 7) is 4.49. The Balaban J connectivity index is 1.83. The third kappa shape index (κ3) is 3.30. The van der Waals surface area contributed by atoms with Gasteiger partial charge >= 0.3 is 0 Å². The summed E-state index contributed by atoms with van der Waals surface area (Å²) in [6.07, 6.45) is 3.26. The van der Waals surface area contributed by atoms with Crippen LogP contribution in [-0.4, -0.2) is 32.7 Å². The van der Waals surface area contributed by atoms with Gasteiger partial charge in [0, 0.05) is 12.6 Å². The van der Waals surface area contributed by atoms with E-state index in [1.54, 1.807) is 13.8 Å². The van der Waals surface area contributed by atoms with E-state index in [0.29, 0.717) is 24.0 Å². The number of nitrogens with one attached hydrogen (secondary N) is 2. The Morgan fingerprint density at radius 2 is 2.06 bits per heavy atom. The minimum atomic E-state index is -3.50. The smallest absolute Gasteiger partial charge is 0.245 e. The van der Waals surface area contributed by atoms with Gasteiger partial charge in [0.25, 0.3) is 0 Å². The molecule has 0 unspecified atom stereocenters. The van der Waals surface area contributed by atoms with Crippen molar-refractivity contribution in [2.75, 3.05) is 13.1 Å². The first-order chi connectivity index (χ1) is 8.50. The number of sulfonamides is 1. The van der Waals surface area contributed by atoms with Gasteiger partial charge in [0.2, 0.25) is 10.0 Å². The molecule has 1 aromatic rings. The van der Waals surface area contributed by atoms with Crippen LogP contribution in [0.1, 0.15) is 30.7 Å². The summed E-state index contributed by atoms with van der Waals surface area (Å²) >= 11 is 0. The van der Waals surface area contributed by atoms with E-state index in [1.165, 1.54) is 12.8 Å². The molecule has 0 amide bonds. The molecule has 102 valence electrons. The monoisotopic (exact) mass is 273 g/mol. The fourth-order valence-corrected chi connectivity index (χ4v) is 3.22. The van der Waals surface area contributed by atoms with Crippen LogP contribution in [0.3, 0.4) is 0 Å². The second-order valence-electron chi connectivity index (χ2n) is 4.63. The summed E-state index contributed by atoms with van der Waals surface area (Å²) < 4.78 is 31.5. The van der Waals surface area contributed by atoms with Crippen molar-refractivity contribution in [3.63, 3.8) is 0 Å². The van der Waals surface area contributed by atoms with Crippen LogP contribution in [0.2, 0.25) is 0 Å². The Morgan fingerprint density at radius 3 is 2.61 bits per heavy atom. The normalized spacial score (nSPS) is 16.1. The lowest BCUT2D eigenvalue weighted by Crippen LogP contribution is -2.28. The molecule has 0 bridgehead atoms. The van der Waals surface area contributed by atoms with Gasteiger partial charge in [0.1, 0.15) is 10.6 Å². The number of hydrogen-bond acceptors (Lipinski definition) is 5. The number of hydrogen-bond donors (Lipinski definition) is 2. The molecule has 1 aliphatic rings. The van der Waals surface area contributed by atoms with Crippen LogP contribution >= 0.6 is 0 Å². The van der Waals surface area contributed by atoms with Gasteiger partial charge in [-0.25, -0.2) is 13.1 Å². The van der Waals surface area contributed by atoms with E-state index < -0.39 is 10.0 Å². The summed E-state index contributed by atoms with van der Waals surface area (Å²) in [5.41, 5.74) is 0.399. The van der Waals surface area contributed by atoms with Gasteiger partial charge in [-0.05, 0) is 39.7 Å². The number of rotatable bonds is 7. The molecular formula is C11H19N3O3S.